The maximum absolute atomic E-state index is 13.8. The molecule has 5 rings (SSSR count). The van der Waals surface area contributed by atoms with Gasteiger partial charge in [-0.2, -0.15) is 5.10 Å². The molecule has 2 aromatic carbocycles. The number of carbonyl (C=O) groups excluding carboxylic acids is 2. The molecular weight excluding hydrogens is 538 g/mol. The number of carbonyl (C=O) groups is 2. The minimum Gasteiger partial charge on any atom is -0.463 e. The van der Waals surface area contributed by atoms with Crippen LogP contribution in [0.15, 0.2) is 95.8 Å². The monoisotopic (exact) mass is 567 g/mol. The second-order valence-electron chi connectivity index (χ2n) is 9.68. The number of amides is 1. The van der Waals surface area contributed by atoms with Gasteiger partial charge in [-0.3, -0.25) is 4.79 Å². The van der Waals surface area contributed by atoms with Crippen LogP contribution >= 0.6 is 11.6 Å². The van der Waals surface area contributed by atoms with E-state index in [0.29, 0.717) is 33.4 Å². The largest absolute Gasteiger partial charge is 0.463 e. The highest BCUT2D eigenvalue weighted by Gasteiger charge is 2.39. The van der Waals surface area contributed by atoms with E-state index in [-0.39, 0.29) is 12.2 Å². The van der Waals surface area contributed by atoms with E-state index in [0.717, 1.165) is 22.6 Å². The van der Waals surface area contributed by atoms with Crippen LogP contribution in [0.3, 0.4) is 0 Å². The van der Waals surface area contributed by atoms with Gasteiger partial charge < -0.3 is 15.4 Å². The lowest BCUT2D eigenvalue weighted by Crippen LogP contribution is -2.34. The zero-order chi connectivity index (χ0) is 29.1. The first-order chi connectivity index (χ1) is 19.8. The van der Waals surface area contributed by atoms with Crippen LogP contribution in [-0.2, 0) is 14.3 Å². The molecule has 0 fully saturated rings. The summed E-state index contributed by atoms with van der Waals surface area (Å²) in [7, 11) is 0. The third-order valence-corrected chi connectivity index (χ3v) is 7.18. The maximum Gasteiger partial charge on any atom is 0.337 e. The molecule has 2 N–H and O–H groups in total. The van der Waals surface area contributed by atoms with Crippen LogP contribution in [0.5, 0.6) is 0 Å². The molecule has 0 radical (unpaired) electrons. The van der Waals surface area contributed by atoms with Crippen molar-refractivity contribution in [3.05, 3.63) is 123 Å². The molecule has 4 aromatic rings. The first-order valence-corrected chi connectivity index (χ1v) is 13.7. The Hall–Kier alpha value is -4.69. The van der Waals surface area contributed by atoms with Crippen molar-refractivity contribution in [1.29, 1.82) is 0 Å². The molecule has 9 heteroatoms. The molecule has 0 spiro atoms. The highest BCUT2D eigenvalue weighted by atomic mass is 35.5. The molecule has 1 unspecified atom stereocenters. The van der Waals surface area contributed by atoms with Crippen molar-refractivity contribution in [2.24, 2.45) is 0 Å². The molecular formula is C32H30ClN5O3. The maximum atomic E-state index is 13.8. The standard InChI is InChI=1S/C32H30ClN5O3/c1-5-41-32(40)29-28(24-10-6-7-11-25(24)33)27(31(39)36-26-12-8-9-17-34-26)21(4)35-30(29)22-13-15-23(16-14-22)38-20(3)18-19(2)37-38/h6-18,28,35H,5H2,1-4H3,(H,34,36,39). The van der Waals surface area contributed by atoms with Gasteiger partial charge in [0.2, 0.25) is 0 Å². The number of hydrogen-bond donors (Lipinski definition) is 2. The third kappa shape index (κ3) is 5.64. The van der Waals surface area contributed by atoms with E-state index in [1.165, 1.54) is 0 Å². The zero-order valence-corrected chi connectivity index (χ0v) is 24.0. The molecule has 41 heavy (non-hydrogen) atoms. The number of rotatable bonds is 7. The second kappa shape index (κ2) is 11.8. The summed E-state index contributed by atoms with van der Waals surface area (Å²) in [5, 5.41) is 11.2. The minimum absolute atomic E-state index is 0.167. The van der Waals surface area contributed by atoms with E-state index >= 15 is 0 Å². The summed E-state index contributed by atoms with van der Waals surface area (Å²) >= 11 is 6.71. The van der Waals surface area contributed by atoms with E-state index in [1.807, 2.05) is 74.0 Å². The fourth-order valence-corrected chi connectivity index (χ4v) is 5.33. The number of halogens is 1. The van der Waals surface area contributed by atoms with Gasteiger partial charge in [-0.25, -0.2) is 14.5 Å². The van der Waals surface area contributed by atoms with Crippen LogP contribution in [0.25, 0.3) is 11.4 Å². The van der Waals surface area contributed by atoms with Crippen LogP contribution in [0, 0.1) is 13.8 Å². The fourth-order valence-electron chi connectivity index (χ4n) is 5.09. The molecule has 1 atom stereocenters. The van der Waals surface area contributed by atoms with Crippen molar-refractivity contribution < 1.29 is 14.3 Å². The molecule has 0 saturated heterocycles. The van der Waals surface area contributed by atoms with Crippen LogP contribution in [-0.4, -0.2) is 33.2 Å². The molecule has 1 aliphatic rings. The zero-order valence-electron chi connectivity index (χ0n) is 23.2. The minimum atomic E-state index is -0.807. The molecule has 3 heterocycles. The number of dihydropyridines is 1. The first kappa shape index (κ1) is 27.9. The summed E-state index contributed by atoms with van der Waals surface area (Å²) in [6.07, 6.45) is 1.60. The van der Waals surface area contributed by atoms with Crippen molar-refractivity contribution in [2.75, 3.05) is 11.9 Å². The Kier molecular flexibility index (Phi) is 8.03. The lowest BCUT2D eigenvalue weighted by atomic mass is 9.78. The van der Waals surface area contributed by atoms with Gasteiger partial charge in [0, 0.05) is 28.2 Å². The highest BCUT2D eigenvalue weighted by molar-refractivity contribution is 6.31. The Labute approximate surface area is 243 Å². The summed E-state index contributed by atoms with van der Waals surface area (Å²) in [4.78, 5) is 31.7. The summed E-state index contributed by atoms with van der Waals surface area (Å²) < 4.78 is 7.42. The van der Waals surface area contributed by atoms with Gasteiger partial charge in [-0.15, -0.1) is 0 Å². The van der Waals surface area contributed by atoms with Gasteiger partial charge in [0.1, 0.15) is 5.82 Å². The van der Waals surface area contributed by atoms with E-state index in [1.54, 1.807) is 37.4 Å². The van der Waals surface area contributed by atoms with Gasteiger partial charge in [0.15, 0.2) is 0 Å². The topological polar surface area (TPSA) is 98.1 Å². The number of pyridine rings is 1. The number of anilines is 1. The second-order valence-corrected chi connectivity index (χ2v) is 10.1. The fraction of sp³-hybridized carbons (Fsp3) is 0.188. The number of benzene rings is 2. The molecule has 0 bridgehead atoms. The van der Waals surface area contributed by atoms with Crippen molar-refractivity contribution in [3.8, 4) is 5.69 Å². The van der Waals surface area contributed by atoms with Crippen LogP contribution < -0.4 is 10.6 Å². The number of aryl methyl sites for hydroxylation is 2. The predicted molar refractivity (Wildman–Crippen MR) is 159 cm³/mol. The van der Waals surface area contributed by atoms with E-state index in [9.17, 15) is 9.59 Å². The summed E-state index contributed by atoms with van der Waals surface area (Å²) in [6.45, 7) is 7.67. The Morgan fingerprint density at radius 3 is 2.37 bits per heavy atom. The quantitative estimate of drug-likeness (QED) is 0.261. The summed E-state index contributed by atoms with van der Waals surface area (Å²) in [5.41, 5.74) is 5.93. The number of aromatic nitrogens is 3. The van der Waals surface area contributed by atoms with Crippen LogP contribution in [0.4, 0.5) is 5.82 Å². The van der Waals surface area contributed by atoms with Gasteiger partial charge in [0.05, 0.1) is 35.2 Å². The lowest BCUT2D eigenvalue weighted by molar-refractivity contribution is -0.138. The average Bonchev–Trinajstić information content (AvgIpc) is 3.30. The normalized spacial score (nSPS) is 15.0. The molecule has 0 saturated carbocycles. The summed E-state index contributed by atoms with van der Waals surface area (Å²) in [6, 6.07) is 22.2. The van der Waals surface area contributed by atoms with Gasteiger partial charge in [0.25, 0.3) is 5.91 Å². The molecule has 208 valence electrons. The molecule has 2 aromatic heterocycles. The Bertz CT molecular complexity index is 1670. The summed E-state index contributed by atoms with van der Waals surface area (Å²) in [5.74, 6) is -1.36. The number of ether oxygens (including phenoxy) is 1. The van der Waals surface area contributed by atoms with Gasteiger partial charge in [-0.05, 0) is 75.2 Å². The van der Waals surface area contributed by atoms with Crippen molar-refractivity contribution in [2.45, 2.75) is 33.6 Å². The third-order valence-electron chi connectivity index (χ3n) is 6.84. The van der Waals surface area contributed by atoms with Crippen molar-refractivity contribution >= 4 is 35.0 Å². The van der Waals surface area contributed by atoms with Crippen LogP contribution in [0.2, 0.25) is 5.02 Å². The Balaban J connectivity index is 1.66. The van der Waals surface area contributed by atoms with Gasteiger partial charge in [-0.1, -0.05) is 48.0 Å². The van der Waals surface area contributed by atoms with Crippen LogP contribution in [0.1, 0.15) is 42.3 Å². The number of allylic oxidation sites excluding steroid dienone is 1. The van der Waals surface area contributed by atoms with E-state index in [4.69, 9.17) is 16.3 Å². The van der Waals surface area contributed by atoms with Gasteiger partial charge >= 0.3 is 5.97 Å². The van der Waals surface area contributed by atoms with E-state index < -0.39 is 17.8 Å². The highest BCUT2D eigenvalue weighted by Crippen LogP contribution is 2.44. The Morgan fingerprint density at radius 2 is 1.73 bits per heavy atom. The van der Waals surface area contributed by atoms with Crippen molar-refractivity contribution in [3.63, 3.8) is 0 Å². The van der Waals surface area contributed by atoms with E-state index in [2.05, 4.69) is 20.7 Å². The molecule has 8 nitrogen and oxygen atoms in total. The lowest BCUT2D eigenvalue weighted by Gasteiger charge is -2.32. The Morgan fingerprint density at radius 1 is 1.00 bits per heavy atom. The SMILES string of the molecule is CCOC(=O)C1=C(c2ccc(-n3nc(C)cc3C)cc2)NC(C)=C(C(=O)Nc2ccccn2)C1c1ccccc1Cl. The molecule has 0 aliphatic carbocycles. The number of esters is 1. The first-order valence-electron chi connectivity index (χ1n) is 13.3. The number of nitrogens with one attached hydrogen (secondary N) is 2. The predicted octanol–water partition coefficient (Wildman–Crippen LogP) is 6.11. The number of nitrogens with zero attached hydrogens (tertiary/aromatic N) is 3. The molecule has 1 amide bonds. The molecule has 1 aliphatic heterocycles. The average molecular weight is 568 g/mol. The smallest absolute Gasteiger partial charge is 0.337 e. The number of hydrogen-bond acceptors (Lipinski definition) is 6. The van der Waals surface area contributed by atoms with Crippen molar-refractivity contribution in [1.82, 2.24) is 20.1 Å².